The third-order valence-electron chi connectivity index (χ3n) is 11.2. The molecule has 0 aromatic heterocycles. The molecule has 0 atom stereocenters. The monoisotopic (exact) mass is 782 g/mol. The van der Waals surface area contributed by atoms with Gasteiger partial charge in [0.25, 0.3) is 0 Å². The minimum absolute atomic E-state index is 0.649. The Morgan fingerprint density at radius 2 is 0.981 bits per heavy atom. The van der Waals surface area contributed by atoms with Crippen molar-refractivity contribution in [3.05, 3.63) is 57.6 Å². The summed E-state index contributed by atoms with van der Waals surface area (Å²) in [6, 6.07) is 11.7. The molecule has 0 bridgehead atoms. The van der Waals surface area contributed by atoms with Gasteiger partial charge in [-0.1, -0.05) is 153 Å². The Balaban J connectivity index is 1.61. The minimum Gasteiger partial charge on any atom is -0.492 e. The SMILES string of the molecule is CCCCCCCCCCCCOc1cc(C#Cc2ccc(C3N(O)C(C)(C)C(C)(C)N3O)cc2)c(OCCCCCCCCCCCC)cc1Br. The molecular formula is C45H71BrN2O4. The largest absolute Gasteiger partial charge is 0.492 e. The highest BCUT2D eigenvalue weighted by Crippen LogP contribution is 2.47. The Morgan fingerprint density at radius 1 is 0.577 bits per heavy atom. The van der Waals surface area contributed by atoms with Gasteiger partial charge in [0.1, 0.15) is 17.7 Å². The summed E-state index contributed by atoms with van der Waals surface area (Å²) in [7, 11) is 0. The lowest BCUT2D eigenvalue weighted by Crippen LogP contribution is -2.52. The molecule has 1 aliphatic heterocycles. The molecule has 0 amide bonds. The number of ether oxygens (including phenoxy) is 2. The van der Waals surface area contributed by atoms with Gasteiger partial charge in [-0.25, -0.2) is 0 Å². The molecule has 0 saturated carbocycles. The van der Waals surface area contributed by atoms with Crippen LogP contribution in [-0.2, 0) is 0 Å². The third kappa shape index (κ3) is 13.6. The molecule has 0 spiro atoms. The normalized spacial score (nSPS) is 15.9. The third-order valence-corrected chi connectivity index (χ3v) is 11.8. The Hall–Kier alpha value is -2.08. The summed E-state index contributed by atoms with van der Waals surface area (Å²) >= 11 is 3.74. The Morgan fingerprint density at radius 3 is 1.42 bits per heavy atom. The van der Waals surface area contributed by atoms with Gasteiger partial charge < -0.3 is 19.9 Å². The summed E-state index contributed by atoms with van der Waals surface area (Å²) < 4.78 is 13.5. The topological polar surface area (TPSA) is 65.4 Å². The molecular weight excluding hydrogens is 712 g/mol. The molecule has 1 heterocycles. The maximum atomic E-state index is 11.0. The molecule has 0 unspecified atom stereocenters. The standard InChI is InChI=1S/C45H71BrN2O4/c1-7-9-11-13-15-17-19-21-23-25-33-51-41-36-40(46)42(52-34-26-24-22-20-18-16-14-12-10-8-2)35-39(41)32-29-37-27-30-38(31-28-37)43-47(49)44(3,4)45(5,6)48(43)50/h27-28,30-31,35-36,43,49-50H,7-26,33-34H2,1-6H3. The van der Waals surface area contributed by atoms with Gasteiger partial charge in [0.2, 0.25) is 0 Å². The lowest BCUT2D eigenvalue weighted by molar-refractivity contribution is -0.223. The van der Waals surface area contributed by atoms with Crippen molar-refractivity contribution in [3.63, 3.8) is 0 Å². The second-order valence-electron chi connectivity index (χ2n) is 15.9. The summed E-state index contributed by atoms with van der Waals surface area (Å²) in [5.74, 6) is 8.24. The van der Waals surface area contributed by atoms with Crippen molar-refractivity contribution < 1.29 is 19.9 Å². The van der Waals surface area contributed by atoms with Crippen LogP contribution >= 0.6 is 15.9 Å². The van der Waals surface area contributed by atoms with Crippen LogP contribution in [0, 0.1) is 11.8 Å². The zero-order chi connectivity index (χ0) is 37.8. The fourth-order valence-electron chi connectivity index (χ4n) is 6.84. The van der Waals surface area contributed by atoms with Crippen molar-refractivity contribution in [3.8, 4) is 23.3 Å². The highest BCUT2D eigenvalue weighted by Gasteiger charge is 2.58. The molecule has 2 aromatic rings. The van der Waals surface area contributed by atoms with E-state index in [0.29, 0.717) is 13.2 Å². The summed E-state index contributed by atoms with van der Waals surface area (Å²) in [6.45, 7) is 13.6. The van der Waals surface area contributed by atoms with Crippen LogP contribution in [0.15, 0.2) is 40.9 Å². The molecule has 1 aliphatic rings. The first kappa shape index (κ1) is 44.3. The molecule has 0 aliphatic carbocycles. The fraction of sp³-hybridized carbons (Fsp3) is 0.689. The average Bonchev–Trinajstić information content (AvgIpc) is 3.24. The van der Waals surface area contributed by atoms with Crippen LogP contribution in [0.25, 0.3) is 0 Å². The molecule has 1 saturated heterocycles. The van der Waals surface area contributed by atoms with Gasteiger partial charge in [-0.15, -0.1) is 0 Å². The predicted octanol–water partition coefficient (Wildman–Crippen LogP) is 13.4. The summed E-state index contributed by atoms with van der Waals surface area (Å²) in [5, 5.41) is 24.5. The number of hydrogen-bond acceptors (Lipinski definition) is 6. The van der Waals surface area contributed by atoms with E-state index in [4.69, 9.17) is 9.47 Å². The van der Waals surface area contributed by atoms with Gasteiger partial charge in [0.15, 0.2) is 0 Å². The van der Waals surface area contributed by atoms with Crippen LogP contribution in [0.1, 0.15) is 193 Å². The van der Waals surface area contributed by atoms with Crippen LogP contribution in [0.5, 0.6) is 11.5 Å². The molecule has 3 rings (SSSR count). The Bertz CT molecular complexity index is 1330. The van der Waals surface area contributed by atoms with E-state index in [1.165, 1.54) is 126 Å². The quantitative estimate of drug-likeness (QED) is 0.0772. The maximum absolute atomic E-state index is 11.0. The highest BCUT2D eigenvalue weighted by molar-refractivity contribution is 9.10. The van der Waals surface area contributed by atoms with Crippen molar-refractivity contribution in [1.82, 2.24) is 10.1 Å². The number of hydrogen-bond donors (Lipinski definition) is 2. The van der Waals surface area contributed by atoms with Gasteiger partial charge in [0, 0.05) is 11.6 Å². The average molecular weight is 784 g/mol. The lowest BCUT2D eigenvalue weighted by Gasteiger charge is -2.37. The van der Waals surface area contributed by atoms with Crippen molar-refractivity contribution in [2.45, 2.75) is 187 Å². The van der Waals surface area contributed by atoms with E-state index in [1.54, 1.807) is 0 Å². The maximum Gasteiger partial charge on any atom is 0.136 e. The zero-order valence-corrected chi connectivity index (χ0v) is 35.2. The van der Waals surface area contributed by atoms with E-state index in [0.717, 1.165) is 45.5 Å². The van der Waals surface area contributed by atoms with Crippen LogP contribution in [0.2, 0.25) is 0 Å². The summed E-state index contributed by atoms with van der Waals surface area (Å²) in [5.41, 5.74) is 1.14. The van der Waals surface area contributed by atoms with Crippen LogP contribution in [0.3, 0.4) is 0 Å². The molecule has 292 valence electrons. The predicted molar refractivity (Wildman–Crippen MR) is 219 cm³/mol. The van der Waals surface area contributed by atoms with Gasteiger partial charge in [0.05, 0.1) is 34.3 Å². The van der Waals surface area contributed by atoms with Crippen molar-refractivity contribution in [1.29, 1.82) is 0 Å². The first-order valence-corrected chi connectivity index (χ1v) is 21.5. The van der Waals surface area contributed by atoms with Gasteiger partial charge >= 0.3 is 0 Å². The summed E-state index contributed by atoms with van der Waals surface area (Å²) in [4.78, 5) is 0. The van der Waals surface area contributed by atoms with E-state index >= 15 is 0 Å². The zero-order valence-electron chi connectivity index (χ0n) is 33.6. The Kier molecular flexibility index (Phi) is 20.2. The number of unbranched alkanes of at least 4 members (excludes halogenated alkanes) is 18. The molecule has 1 fully saturated rings. The van der Waals surface area contributed by atoms with E-state index < -0.39 is 17.2 Å². The lowest BCUT2D eigenvalue weighted by atomic mass is 9.84. The molecule has 52 heavy (non-hydrogen) atoms. The van der Waals surface area contributed by atoms with Gasteiger partial charge in [-0.2, -0.15) is 10.1 Å². The van der Waals surface area contributed by atoms with E-state index in [9.17, 15) is 10.4 Å². The second kappa shape index (κ2) is 23.6. The smallest absolute Gasteiger partial charge is 0.136 e. The van der Waals surface area contributed by atoms with E-state index in [-0.39, 0.29) is 0 Å². The number of benzene rings is 2. The number of halogens is 1. The van der Waals surface area contributed by atoms with Crippen molar-refractivity contribution >= 4 is 15.9 Å². The molecule has 7 heteroatoms. The number of nitrogens with zero attached hydrogens (tertiary/aromatic N) is 2. The highest BCUT2D eigenvalue weighted by atomic mass is 79.9. The van der Waals surface area contributed by atoms with Crippen LogP contribution in [0.4, 0.5) is 0 Å². The van der Waals surface area contributed by atoms with E-state index in [1.807, 2.05) is 64.1 Å². The number of hydroxylamine groups is 4. The second-order valence-corrected chi connectivity index (χ2v) is 16.7. The van der Waals surface area contributed by atoms with Crippen LogP contribution < -0.4 is 9.47 Å². The Labute approximate surface area is 326 Å². The van der Waals surface area contributed by atoms with Gasteiger partial charge in [-0.05, 0) is 80.2 Å². The molecule has 0 radical (unpaired) electrons. The summed E-state index contributed by atoms with van der Waals surface area (Å²) in [6.07, 6.45) is 25.2. The van der Waals surface area contributed by atoms with Gasteiger partial charge in [-0.3, -0.25) is 0 Å². The van der Waals surface area contributed by atoms with E-state index in [2.05, 4.69) is 41.6 Å². The van der Waals surface area contributed by atoms with Crippen molar-refractivity contribution in [2.75, 3.05) is 13.2 Å². The number of rotatable bonds is 25. The fourth-order valence-corrected chi connectivity index (χ4v) is 7.28. The first-order valence-electron chi connectivity index (χ1n) is 20.7. The van der Waals surface area contributed by atoms with Crippen molar-refractivity contribution in [2.24, 2.45) is 0 Å². The minimum atomic E-state index is -0.667. The molecule has 2 aromatic carbocycles. The van der Waals surface area contributed by atoms with Crippen LogP contribution in [-0.4, -0.2) is 44.8 Å². The molecule has 6 nitrogen and oxygen atoms in total. The molecule has 2 N–H and O–H groups in total. The first-order chi connectivity index (χ1) is 25.0.